The number of para-hydroxylation sites is 2. The molecule has 5 aromatic carbocycles. The molecule has 0 saturated heterocycles. The molecule has 0 bridgehead atoms. The van der Waals surface area contributed by atoms with Gasteiger partial charge in [-0.1, -0.05) is 66.7 Å². The van der Waals surface area contributed by atoms with Gasteiger partial charge in [0.25, 0.3) is 5.56 Å². The molecule has 3 heterocycles. The van der Waals surface area contributed by atoms with Crippen molar-refractivity contribution in [3.05, 3.63) is 107 Å². The van der Waals surface area contributed by atoms with E-state index in [4.69, 9.17) is 4.42 Å². The summed E-state index contributed by atoms with van der Waals surface area (Å²) in [4.78, 5) is 13.8. The Labute approximate surface area is 186 Å². The Morgan fingerprint density at radius 3 is 2.18 bits per heavy atom. The van der Waals surface area contributed by atoms with E-state index in [9.17, 15) is 4.79 Å². The molecule has 0 atom stereocenters. The zero-order valence-corrected chi connectivity index (χ0v) is 17.4. The predicted octanol–water partition coefficient (Wildman–Crippen LogP) is 6.89. The zero-order chi connectivity index (χ0) is 21.7. The number of hydrogen-bond acceptors (Lipinski definition) is 2. The van der Waals surface area contributed by atoms with Crippen molar-refractivity contribution in [3.63, 3.8) is 0 Å². The van der Waals surface area contributed by atoms with E-state index in [-0.39, 0.29) is 5.56 Å². The third-order valence-electron chi connectivity index (χ3n) is 6.88. The first-order valence-corrected chi connectivity index (χ1v) is 11.0. The number of aromatic nitrogens is 2. The van der Waals surface area contributed by atoms with Crippen molar-refractivity contribution in [2.24, 2.45) is 0 Å². The fourth-order valence-corrected chi connectivity index (χ4v) is 5.54. The zero-order valence-electron chi connectivity index (χ0n) is 17.4. The summed E-state index contributed by atoms with van der Waals surface area (Å²) in [5.74, 6) is 0. The highest BCUT2D eigenvalue weighted by molar-refractivity contribution is 6.15. The van der Waals surface area contributed by atoms with E-state index in [1.807, 2.05) is 52.9 Å². The third-order valence-corrected chi connectivity index (χ3v) is 6.88. The lowest BCUT2D eigenvalue weighted by atomic mass is 10.0. The molecule has 0 N–H and O–H groups in total. The first-order valence-electron chi connectivity index (χ1n) is 11.0. The molecule has 4 heteroatoms. The molecule has 2 aliphatic rings. The monoisotopic (exact) mass is 424 g/mol. The standard InChI is InChI=1S/C29H16N2O2/c32-29-21-10-4-3-9-19(21)20-11-5-12-22-26(20)31(29)23-13-6-14-24-28(23)30(22)27-18-8-2-1-7-17(18)15-16-25(27)33-24/h1-16H. The van der Waals surface area contributed by atoms with E-state index in [1.165, 1.54) is 0 Å². The molecule has 154 valence electrons. The molecule has 1 aromatic heterocycles. The van der Waals surface area contributed by atoms with Crippen LogP contribution < -0.4 is 5.56 Å². The molecule has 0 unspecified atom stereocenters. The highest BCUT2D eigenvalue weighted by Gasteiger charge is 2.23. The second kappa shape index (κ2) is 5.81. The predicted molar refractivity (Wildman–Crippen MR) is 134 cm³/mol. The van der Waals surface area contributed by atoms with Crippen molar-refractivity contribution < 1.29 is 4.42 Å². The minimum Gasteiger partial charge on any atom is -0.453 e. The Bertz CT molecular complexity index is 2110. The lowest BCUT2D eigenvalue weighted by molar-refractivity contribution is 0.648. The van der Waals surface area contributed by atoms with Crippen LogP contribution in [0.15, 0.2) is 106 Å². The maximum atomic E-state index is 13.8. The minimum absolute atomic E-state index is 0.0117. The Balaban J connectivity index is 1.83. The topological polar surface area (TPSA) is 39.6 Å². The summed E-state index contributed by atoms with van der Waals surface area (Å²) in [6.07, 6.45) is 0. The number of nitrogens with zero attached hydrogens (tertiary/aromatic N) is 2. The molecule has 2 aliphatic heterocycles. The second-order valence-electron chi connectivity index (χ2n) is 8.55. The van der Waals surface area contributed by atoms with Crippen LogP contribution in [0.25, 0.3) is 65.9 Å². The van der Waals surface area contributed by atoms with Gasteiger partial charge in [-0.3, -0.25) is 13.8 Å². The van der Waals surface area contributed by atoms with Crippen LogP contribution in [0.1, 0.15) is 0 Å². The normalized spacial score (nSPS) is 12.4. The summed E-state index contributed by atoms with van der Waals surface area (Å²) in [7, 11) is 0. The van der Waals surface area contributed by atoms with Crippen molar-refractivity contribution >= 4 is 60.2 Å². The number of benzene rings is 5. The molecule has 0 fully saturated rings. The Morgan fingerprint density at radius 2 is 1.27 bits per heavy atom. The number of rotatable bonds is 0. The summed E-state index contributed by atoms with van der Waals surface area (Å²) >= 11 is 0. The maximum absolute atomic E-state index is 13.8. The smallest absolute Gasteiger partial charge is 0.263 e. The first kappa shape index (κ1) is 17.0. The van der Waals surface area contributed by atoms with Gasteiger partial charge in [0, 0.05) is 16.2 Å². The molecule has 6 aromatic rings. The number of pyridine rings is 1. The fourth-order valence-electron chi connectivity index (χ4n) is 5.54. The molecular formula is C29H16N2O2. The van der Waals surface area contributed by atoms with Gasteiger partial charge >= 0.3 is 0 Å². The molecule has 4 nitrogen and oxygen atoms in total. The van der Waals surface area contributed by atoms with E-state index >= 15 is 0 Å². The third kappa shape index (κ3) is 1.99. The molecule has 0 spiro atoms. The summed E-state index contributed by atoms with van der Waals surface area (Å²) in [6.45, 7) is 0. The highest BCUT2D eigenvalue weighted by atomic mass is 16.3. The fraction of sp³-hybridized carbons (Fsp3) is 0. The quantitative estimate of drug-likeness (QED) is 0.196. The maximum Gasteiger partial charge on any atom is 0.263 e. The van der Waals surface area contributed by atoms with Crippen LogP contribution in [-0.4, -0.2) is 8.97 Å². The minimum atomic E-state index is -0.0117. The van der Waals surface area contributed by atoms with Crippen molar-refractivity contribution in [2.75, 3.05) is 0 Å². The van der Waals surface area contributed by atoms with Crippen LogP contribution >= 0.6 is 0 Å². The highest BCUT2D eigenvalue weighted by Crippen LogP contribution is 2.39. The van der Waals surface area contributed by atoms with Crippen molar-refractivity contribution in [3.8, 4) is 5.69 Å². The van der Waals surface area contributed by atoms with Gasteiger partial charge in [-0.25, -0.2) is 0 Å². The van der Waals surface area contributed by atoms with Crippen LogP contribution in [0.4, 0.5) is 0 Å². The first-order chi connectivity index (χ1) is 16.3. The van der Waals surface area contributed by atoms with Crippen LogP contribution in [0, 0.1) is 0 Å². The van der Waals surface area contributed by atoms with Gasteiger partial charge in [0.15, 0.2) is 11.2 Å². The van der Waals surface area contributed by atoms with E-state index in [0.29, 0.717) is 0 Å². The lowest BCUT2D eigenvalue weighted by Gasteiger charge is -2.24. The summed E-state index contributed by atoms with van der Waals surface area (Å²) in [6, 6.07) is 32.6. The van der Waals surface area contributed by atoms with E-state index in [2.05, 4.69) is 53.1 Å². The Hall–Kier alpha value is -4.57. The second-order valence-corrected chi connectivity index (χ2v) is 8.55. The molecular weight excluding hydrogens is 408 g/mol. The average Bonchev–Trinajstić information content (AvgIpc) is 2.87. The van der Waals surface area contributed by atoms with Crippen LogP contribution in [-0.2, 0) is 0 Å². The Kier molecular flexibility index (Phi) is 3.00. The van der Waals surface area contributed by atoms with Crippen molar-refractivity contribution in [2.45, 2.75) is 0 Å². The largest absolute Gasteiger partial charge is 0.453 e. The SMILES string of the molecule is O=c1c2ccccc2c2cccc3c2n1c1cccc2oc4ccc5ccccc5c4n3-c21. The number of fused-ring (bicyclic) bond motifs is 8. The Morgan fingerprint density at radius 1 is 0.545 bits per heavy atom. The molecule has 8 rings (SSSR count). The molecule has 0 aliphatic carbocycles. The van der Waals surface area contributed by atoms with Gasteiger partial charge in [0.1, 0.15) is 5.69 Å². The van der Waals surface area contributed by atoms with E-state index in [0.717, 1.165) is 65.9 Å². The summed E-state index contributed by atoms with van der Waals surface area (Å²) in [5, 5.41) is 5.02. The molecule has 0 saturated carbocycles. The van der Waals surface area contributed by atoms with Gasteiger partial charge in [0.2, 0.25) is 0 Å². The van der Waals surface area contributed by atoms with Gasteiger partial charge in [-0.15, -0.1) is 0 Å². The van der Waals surface area contributed by atoms with Gasteiger partial charge < -0.3 is 4.42 Å². The molecule has 33 heavy (non-hydrogen) atoms. The lowest BCUT2D eigenvalue weighted by Crippen LogP contribution is -2.19. The van der Waals surface area contributed by atoms with Crippen molar-refractivity contribution in [1.29, 1.82) is 0 Å². The molecule has 0 amide bonds. The van der Waals surface area contributed by atoms with E-state index in [1.54, 1.807) is 0 Å². The molecule has 0 radical (unpaired) electrons. The van der Waals surface area contributed by atoms with Crippen molar-refractivity contribution in [1.82, 2.24) is 8.97 Å². The van der Waals surface area contributed by atoms with Gasteiger partial charge in [-0.2, -0.15) is 0 Å². The van der Waals surface area contributed by atoms with Gasteiger partial charge in [-0.05, 0) is 41.1 Å². The summed E-state index contributed by atoms with van der Waals surface area (Å²) in [5.41, 5.74) is 6.20. The van der Waals surface area contributed by atoms with E-state index < -0.39 is 0 Å². The number of hydrogen-bond donors (Lipinski definition) is 0. The van der Waals surface area contributed by atoms with Crippen LogP contribution in [0.2, 0.25) is 0 Å². The average molecular weight is 424 g/mol. The van der Waals surface area contributed by atoms with Crippen LogP contribution in [0.3, 0.4) is 0 Å². The van der Waals surface area contributed by atoms with Crippen LogP contribution in [0.5, 0.6) is 0 Å². The van der Waals surface area contributed by atoms with Gasteiger partial charge in [0.05, 0.1) is 22.1 Å². The summed E-state index contributed by atoms with van der Waals surface area (Å²) < 4.78 is 10.6.